The largest absolute Gasteiger partial charge is 0.444 e. The molecule has 8 nitrogen and oxygen atoms in total. The number of Topliss-reactive ketones (excluding diaryl/α,β-unsaturated/α-hetero) is 1. The van der Waals surface area contributed by atoms with Gasteiger partial charge in [0.2, 0.25) is 5.78 Å². The molecule has 2 aromatic rings. The molecular formula is C26H32N2O6. The van der Waals surface area contributed by atoms with Gasteiger partial charge in [0, 0.05) is 19.4 Å². The average molecular weight is 469 g/mol. The summed E-state index contributed by atoms with van der Waals surface area (Å²) in [7, 11) is 0. The number of benzene rings is 2. The van der Waals surface area contributed by atoms with Crippen molar-refractivity contribution in [3.8, 4) is 0 Å². The summed E-state index contributed by atoms with van der Waals surface area (Å²) in [6.45, 7) is 7.63. The first-order chi connectivity index (χ1) is 15.9. The van der Waals surface area contributed by atoms with Gasteiger partial charge in [0.15, 0.2) is 11.2 Å². The van der Waals surface area contributed by atoms with Crippen LogP contribution in [0.1, 0.15) is 44.4 Å². The average Bonchev–Trinajstić information content (AvgIpc) is 3.50. The molecule has 1 fully saturated rings. The molecule has 0 bridgehead atoms. The van der Waals surface area contributed by atoms with E-state index >= 15 is 0 Å². The molecule has 0 radical (unpaired) electrons. The molecule has 1 heterocycles. The van der Waals surface area contributed by atoms with Crippen molar-refractivity contribution in [2.45, 2.75) is 63.9 Å². The lowest BCUT2D eigenvalue weighted by Gasteiger charge is -2.33. The summed E-state index contributed by atoms with van der Waals surface area (Å²) in [5, 5.41) is 2.71. The molecule has 2 atom stereocenters. The summed E-state index contributed by atoms with van der Waals surface area (Å²) in [4.78, 5) is 37.3. The van der Waals surface area contributed by atoms with Crippen molar-refractivity contribution < 1.29 is 28.6 Å². The predicted molar refractivity (Wildman–Crippen MR) is 126 cm³/mol. The zero-order chi connectivity index (χ0) is 25.0. The molecule has 3 N–H and O–H groups in total. The number of hydrogen-bond donors (Lipinski definition) is 2. The maximum absolute atomic E-state index is 13.5. The summed E-state index contributed by atoms with van der Waals surface area (Å²) >= 11 is 0. The number of ether oxygens (including phenoxy) is 3. The van der Waals surface area contributed by atoms with Crippen LogP contribution < -0.4 is 11.1 Å². The van der Waals surface area contributed by atoms with E-state index in [0.717, 1.165) is 16.7 Å². The number of carbonyl (C=O) groups excluding carboxylic acids is 3. The van der Waals surface area contributed by atoms with Gasteiger partial charge in [0.1, 0.15) is 5.60 Å². The van der Waals surface area contributed by atoms with Gasteiger partial charge >= 0.3 is 12.2 Å². The minimum absolute atomic E-state index is 0.127. The lowest BCUT2D eigenvalue weighted by molar-refractivity contribution is -0.142. The van der Waals surface area contributed by atoms with Crippen LogP contribution in [0.25, 0.3) is 0 Å². The molecule has 0 unspecified atom stereocenters. The van der Waals surface area contributed by atoms with E-state index < -0.39 is 29.0 Å². The quantitative estimate of drug-likeness (QED) is 0.542. The molecule has 2 aromatic carbocycles. The van der Waals surface area contributed by atoms with Crippen LogP contribution in [0.2, 0.25) is 0 Å². The molecule has 0 aromatic heterocycles. The first-order valence-electron chi connectivity index (χ1n) is 11.2. The zero-order valence-electron chi connectivity index (χ0n) is 20.1. The van der Waals surface area contributed by atoms with Gasteiger partial charge in [-0.2, -0.15) is 0 Å². The van der Waals surface area contributed by atoms with Crippen molar-refractivity contribution in [3.05, 3.63) is 71.3 Å². The smallest absolute Gasteiger partial charge is 0.407 e. The van der Waals surface area contributed by atoms with Crippen LogP contribution in [0.15, 0.2) is 54.6 Å². The molecule has 1 saturated heterocycles. The predicted octanol–water partition coefficient (Wildman–Crippen LogP) is 3.69. The van der Waals surface area contributed by atoms with Crippen LogP contribution in [0.5, 0.6) is 0 Å². The first kappa shape index (κ1) is 25.2. The molecule has 2 amide bonds. The topological polar surface area (TPSA) is 120 Å². The number of ketones is 1. The van der Waals surface area contributed by atoms with Gasteiger partial charge in [-0.05, 0) is 44.4 Å². The minimum atomic E-state index is -1.52. The van der Waals surface area contributed by atoms with Gasteiger partial charge in [-0.15, -0.1) is 0 Å². The summed E-state index contributed by atoms with van der Waals surface area (Å²) in [5.74, 6) is -0.321. The Morgan fingerprint density at radius 1 is 0.941 bits per heavy atom. The highest BCUT2D eigenvalue weighted by atomic mass is 16.6. The summed E-state index contributed by atoms with van der Waals surface area (Å²) in [6, 6.07) is 16.7. The van der Waals surface area contributed by atoms with E-state index in [9.17, 15) is 14.4 Å². The van der Waals surface area contributed by atoms with Gasteiger partial charge in [0.05, 0.1) is 6.61 Å². The normalized spacial score (nSPS) is 18.9. The van der Waals surface area contributed by atoms with E-state index in [1.54, 1.807) is 27.7 Å². The van der Waals surface area contributed by atoms with Gasteiger partial charge in [0.25, 0.3) is 0 Å². The Balaban J connectivity index is 1.80. The zero-order valence-corrected chi connectivity index (χ0v) is 20.1. The van der Waals surface area contributed by atoms with E-state index in [4.69, 9.17) is 19.9 Å². The number of nitrogens with one attached hydrogen (secondary N) is 1. The Labute approximate surface area is 199 Å². The number of amides is 2. The van der Waals surface area contributed by atoms with Crippen molar-refractivity contribution in [1.29, 1.82) is 0 Å². The number of nitrogens with two attached hydrogens (primary N) is 1. The summed E-state index contributed by atoms with van der Waals surface area (Å²) in [5.41, 5.74) is 4.76. The van der Waals surface area contributed by atoms with Crippen LogP contribution >= 0.6 is 0 Å². The number of hydrogen-bond acceptors (Lipinski definition) is 6. The monoisotopic (exact) mass is 468 g/mol. The van der Waals surface area contributed by atoms with Crippen LogP contribution in [-0.4, -0.2) is 41.4 Å². The highest BCUT2D eigenvalue weighted by Crippen LogP contribution is 2.37. The second kappa shape index (κ2) is 9.85. The molecule has 1 aliphatic rings. The maximum Gasteiger partial charge on any atom is 0.407 e. The maximum atomic E-state index is 13.5. The molecule has 1 aliphatic heterocycles. The molecule has 8 heteroatoms. The third kappa shape index (κ3) is 6.81. The number of carbonyl (C=O) groups is 3. The van der Waals surface area contributed by atoms with Crippen LogP contribution in [0.3, 0.4) is 0 Å². The molecule has 0 spiro atoms. The number of primary amides is 1. The second-order valence-corrected chi connectivity index (χ2v) is 9.78. The summed E-state index contributed by atoms with van der Waals surface area (Å²) < 4.78 is 16.2. The van der Waals surface area contributed by atoms with E-state index in [-0.39, 0.29) is 31.8 Å². The highest BCUT2D eigenvalue weighted by molar-refractivity contribution is 5.98. The Bertz CT molecular complexity index is 1030. The van der Waals surface area contributed by atoms with Crippen LogP contribution in [0.4, 0.5) is 9.59 Å². The highest BCUT2D eigenvalue weighted by Gasteiger charge is 2.58. The molecule has 0 saturated carbocycles. The Morgan fingerprint density at radius 3 is 1.97 bits per heavy atom. The Hall–Kier alpha value is -3.39. The van der Waals surface area contributed by atoms with Crippen LogP contribution in [0, 0.1) is 0 Å². The fourth-order valence-corrected chi connectivity index (χ4v) is 3.77. The molecule has 182 valence electrons. The van der Waals surface area contributed by atoms with Crippen molar-refractivity contribution in [3.63, 3.8) is 0 Å². The third-order valence-corrected chi connectivity index (χ3v) is 5.45. The van der Waals surface area contributed by atoms with Gasteiger partial charge < -0.3 is 25.3 Å². The standard InChI is InChI=1S/C26H32N2O6/c1-24(2,3)34-23(31)28-16-20-12-10-19(11-13-20)15-26(33-22(27)30,21(29)25(4)17-32-25)14-18-8-6-5-7-9-18/h5-13H,14-17H2,1-4H3,(H2,27,30)(H,28,31)/t25-,26+/m1/s1. The SMILES string of the molecule is CC(C)(C)OC(=O)NCc1ccc(C[C@](Cc2ccccc2)(OC(N)=O)C(=O)[C@@]2(C)CO2)cc1. The minimum Gasteiger partial charge on any atom is -0.444 e. The fraction of sp³-hybridized carbons (Fsp3) is 0.423. The fourth-order valence-electron chi connectivity index (χ4n) is 3.77. The second-order valence-electron chi connectivity index (χ2n) is 9.78. The number of rotatable bonds is 9. The van der Waals surface area contributed by atoms with Crippen molar-refractivity contribution >= 4 is 18.0 Å². The molecular weight excluding hydrogens is 436 g/mol. The lowest BCUT2D eigenvalue weighted by Crippen LogP contribution is -2.53. The van der Waals surface area contributed by atoms with Crippen LogP contribution in [-0.2, 0) is 38.4 Å². The third-order valence-electron chi connectivity index (χ3n) is 5.45. The van der Waals surface area contributed by atoms with Gasteiger partial charge in [-0.25, -0.2) is 9.59 Å². The summed E-state index contributed by atoms with van der Waals surface area (Å²) in [6.07, 6.45) is -1.23. The lowest BCUT2D eigenvalue weighted by atomic mass is 9.79. The molecule has 0 aliphatic carbocycles. The Morgan fingerprint density at radius 2 is 1.47 bits per heavy atom. The van der Waals surface area contributed by atoms with E-state index in [1.807, 2.05) is 54.6 Å². The van der Waals surface area contributed by atoms with Crippen molar-refractivity contribution in [2.24, 2.45) is 5.73 Å². The van der Waals surface area contributed by atoms with Crippen molar-refractivity contribution in [1.82, 2.24) is 5.32 Å². The first-order valence-corrected chi connectivity index (χ1v) is 11.2. The van der Waals surface area contributed by atoms with Gasteiger partial charge in [-0.1, -0.05) is 54.6 Å². The van der Waals surface area contributed by atoms with E-state index in [2.05, 4.69) is 5.32 Å². The Kier molecular flexibility index (Phi) is 7.31. The van der Waals surface area contributed by atoms with E-state index in [0.29, 0.717) is 0 Å². The van der Waals surface area contributed by atoms with E-state index in [1.165, 1.54) is 0 Å². The molecule has 34 heavy (non-hydrogen) atoms. The van der Waals surface area contributed by atoms with Crippen molar-refractivity contribution in [2.75, 3.05) is 6.61 Å². The number of alkyl carbamates (subject to hydrolysis) is 1. The number of epoxide rings is 1. The molecule has 3 rings (SSSR count). The van der Waals surface area contributed by atoms with Gasteiger partial charge in [-0.3, -0.25) is 4.79 Å².